The number of thiazole rings is 1. The van der Waals surface area contributed by atoms with Crippen LogP contribution in [0.1, 0.15) is 15.9 Å². The van der Waals surface area contributed by atoms with Crippen molar-refractivity contribution in [1.29, 1.82) is 0 Å². The van der Waals surface area contributed by atoms with Gasteiger partial charge in [0.25, 0.3) is 0 Å². The Hall–Kier alpha value is -3.75. The van der Waals surface area contributed by atoms with Crippen LogP contribution >= 0.6 is 22.9 Å². The normalized spacial score (nSPS) is 11.1. The monoisotopic (exact) mass is 462 g/mol. The minimum Gasteiger partial charge on any atom is -0.478 e. The predicted octanol–water partition coefficient (Wildman–Crippen LogP) is 6.20. The highest BCUT2D eigenvalue weighted by atomic mass is 35.5. The molecule has 0 radical (unpaired) electrons. The van der Waals surface area contributed by atoms with Gasteiger partial charge in [0, 0.05) is 22.7 Å². The van der Waals surface area contributed by atoms with Crippen LogP contribution in [0.5, 0.6) is 11.8 Å². The summed E-state index contributed by atoms with van der Waals surface area (Å²) in [6.07, 6.45) is 1.77. The van der Waals surface area contributed by atoms with E-state index in [1.54, 1.807) is 42.7 Å². The number of aromatic nitrogens is 4. The molecule has 0 fully saturated rings. The molecule has 0 spiro atoms. The lowest BCUT2D eigenvalue weighted by Gasteiger charge is -2.05. The number of carboxylic acid groups (broad SMARTS) is 1. The molecule has 5 aromatic rings. The first-order chi connectivity index (χ1) is 15.5. The molecule has 9 heteroatoms. The van der Waals surface area contributed by atoms with Gasteiger partial charge >= 0.3 is 12.0 Å². The maximum atomic E-state index is 11.4. The Labute approximate surface area is 191 Å². The molecule has 158 valence electrons. The molecule has 0 unspecified atom stereocenters. The number of carboxylic acids is 1. The lowest BCUT2D eigenvalue weighted by Crippen LogP contribution is -2.00. The van der Waals surface area contributed by atoms with Crippen molar-refractivity contribution in [2.45, 2.75) is 6.92 Å². The SMILES string of the molecule is Cc1ccc(Oc2nc3nc(-c4ccc(-c5nccs5)cc4)c(Cl)cc3[nH]2)cc1C(=O)O. The van der Waals surface area contributed by atoms with Gasteiger partial charge < -0.3 is 14.8 Å². The van der Waals surface area contributed by atoms with E-state index in [-0.39, 0.29) is 11.6 Å². The summed E-state index contributed by atoms with van der Waals surface area (Å²) in [4.78, 5) is 27.7. The zero-order valence-corrected chi connectivity index (χ0v) is 18.2. The second-order valence-electron chi connectivity index (χ2n) is 7.03. The number of pyridine rings is 1. The Kier molecular flexibility index (Phi) is 5.08. The van der Waals surface area contributed by atoms with E-state index in [1.165, 1.54) is 6.07 Å². The standard InChI is InChI=1S/C23H15ClN4O3S/c1-12-2-7-15(10-16(12)22(29)30)31-23-26-18-11-17(24)19(27-20(18)28-23)13-3-5-14(6-4-13)21-25-8-9-32-21/h2-11H,1H3,(H,29,30)(H,26,27,28). The maximum absolute atomic E-state index is 11.4. The van der Waals surface area contributed by atoms with Gasteiger partial charge in [-0.25, -0.2) is 14.8 Å². The highest BCUT2D eigenvalue weighted by Crippen LogP contribution is 2.32. The van der Waals surface area contributed by atoms with Crippen molar-refractivity contribution < 1.29 is 14.6 Å². The van der Waals surface area contributed by atoms with Gasteiger partial charge in [-0.1, -0.05) is 41.9 Å². The van der Waals surface area contributed by atoms with Crippen LogP contribution < -0.4 is 4.74 Å². The second-order valence-corrected chi connectivity index (χ2v) is 8.33. The van der Waals surface area contributed by atoms with Crippen LogP contribution in [0.3, 0.4) is 0 Å². The molecular weight excluding hydrogens is 448 g/mol. The number of fused-ring (bicyclic) bond motifs is 1. The van der Waals surface area contributed by atoms with Crippen LogP contribution in [0.2, 0.25) is 5.02 Å². The maximum Gasteiger partial charge on any atom is 0.336 e. The van der Waals surface area contributed by atoms with Crippen LogP contribution in [-0.2, 0) is 0 Å². The Morgan fingerprint density at radius 1 is 1.09 bits per heavy atom. The highest BCUT2D eigenvalue weighted by molar-refractivity contribution is 7.13. The Balaban J connectivity index is 1.46. The van der Waals surface area contributed by atoms with Crippen molar-refractivity contribution >= 4 is 40.1 Å². The van der Waals surface area contributed by atoms with Gasteiger partial charge in [0.2, 0.25) is 0 Å². The van der Waals surface area contributed by atoms with Crippen LogP contribution in [0, 0.1) is 6.92 Å². The van der Waals surface area contributed by atoms with Gasteiger partial charge in [-0.3, -0.25) is 0 Å². The number of hydrogen-bond acceptors (Lipinski definition) is 6. The topological polar surface area (TPSA) is 101 Å². The first-order valence-corrected chi connectivity index (χ1v) is 10.8. The number of aromatic carboxylic acids is 1. The average Bonchev–Trinajstić information content (AvgIpc) is 3.44. The highest BCUT2D eigenvalue weighted by Gasteiger charge is 2.14. The molecular formula is C23H15ClN4O3S. The van der Waals surface area contributed by atoms with E-state index in [2.05, 4.69) is 19.9 Å². The predicted molar refractivity (Wildman–Crippen MR) is 124 cm³/mol. The molecule has 0 amide bonds. The lowest BCUT2D eigenvalue weighted by atomic mass is 10.1. The van der Waals surface area contributed by atoms with Gasteiger partial charge in [0.05, 0.1) is 21.8 Å². The number of aromatic amines is 1. The number of carbonyl (C=O) groups is 1. The third kappa shape index (κ3) is 3.81. The quantitative estimate of drug-likeness (QED) is 0.322. The molecule has 0 aliphatic rings. The number of nitrogens with one attached hydrogen (secondary N) is 1. The van der Waals surface area contributed by atoms with Crippen molar-refractivity contribution in [1.82, 2.24) is 19.9 Å². The Morgan fingerprint density at radius 2 is 1.88 bits per heavy atom. The summed E-state index contributed by atoms with van der Waals surface area (Å²) in [5.74, 6) is -0.660. The number of rotatable bonds is 5. The average molecular weight is 463 g/mol. The number of benzene rings is 2. The number of halogens is 1. The first-order valence-electron chi connectivity index (χ1n) is 9.56. The van der Waals surface area contributed by atoms with Crippen molar-refractivity contribution in [2.75, 3.05) is 0 Å². The van der Waals surface area contributed by atoms with Gasteiger partial charge in [-0.05, 0) is 30.7 Å². The summed E-state index contributed by atoms with van der Waals surface area (Å²) < 4.78 is 5.73. The minimum atomic E-state index is -1.02. The molecule has 3 aromatic heterocycles. The smallest absolute Gasteiger partial charge is 0.336 e. The van der Waals surface area contributed by atoms with E-state index in [4.69, 9.17) is 16.3 Å². The van der Waals surface area contributed by atoms with Crippen LogP contribution in [0.15, 0.2) is 60.1 Å². The molecule has 0 aliphatic carbocycles. The number of imidazole rings is 1. The molecule has 5 rings (SSSR count). The number of aryl methyl sites for hydroxylation is 1. The number of H-pyrrole nitrogens is 1. The summed E-state index contributed by atoms with van der Waals surface area (Å²) >= 11 is 8.07. The van der Waals surface area contributed by atoms with Gasteiger partial charge in [0.15, 0.2) is 5.65 Å². The van der Waals surface area contributed by atoms with Crippen molar-refractivity contribution in [3.05, 3.63) is 76.3 Å². The fourth-order valence-corrected chi connectivity index (χ4v) is 4.19. The fraction of sp³-hybridized carbons (Fsp3) is 0.0435. The molecule has 32 heavy (non-hydrogen) atoms. The minimum absolute atomic E-state index is 0.170. The Morgan fingerprint density at radius 3 is 2.59 bits per heavy atom. The first kappa shape index (κ1) is 20.2. The summed E-state index contributed by atoms with van der Waals surface area (Å²) in [7, 11) is 0. The van der Waals surface area contributed by atoms with Crippen LogP contribution in [-0.4, -0.2) is 31.0 Å². The van der Waals surface area contributed by atoms with Gasteiger partial charge in [0.1, 0.15) is 10.8 Å². The van der Waals surface area contributed by atoms with Gasteiger partial charge in [-0.2, -0.15) is 4.98 Å². The largest absolute Gasteiger partial charge is 0.478 e. The second kappa shape index (κ2) is 8.07. The molecule has 0 bridgehead atoms. The molecule has 0 aliphatic heterocycles. The van der Waals surface area contributed by atoms with E-state index in [9.17, 15) is 9.90 Å². The van der Waals surface area contributed by atoms with Crippen LogP contribution in [0.4, 0.5) is 0 Å². The van der Waals surface area contributed by atoms with Crippen molar-refractivity contribution in [3.8, 4) is 33.6 Å². The fourth-order valence-electron chi connectivity index (χ4n) is 3.29. The third-order valence-electron chi connectivity index (χ3n) is 4.90. The molecule has 3 heterocycles. The van der Waals surface area contributed by atoms with E-state index >= 15 is 0 Å². The molecule has 2 N–H and O–H groups in total. The summed E-state index contributed by atoms with van der Waals surface area (Å²) in [5, 5.41) is 12.7. The van der Waals surface area contributed by atoms with E-state index in [0.717, 1.165) is 16.1 Å². The molecule has 7 nitrogen and oxygen atoms in total. The molecule has 0 saturated heterocycles. The molecule has 0 atom stereocenters. The van der Waals surface area contributed by atoms with Crippen molar-refractivity contribution in [2.24, 2.45) is 0 Å². The van der Waals surface area contributed by atoms with E-state index in [0.29, 0.717) is 33.2 Å². The molecule has 0 saturated carbocycles. The summed E-state index contributed by atoms with van der Waals surface area (Å²) in [6, 6.07) is 14.6. The lowest BCUT2D eigenvalue weighted by molar-refractivity contribution is 0.0695. The number of nitrogens with zero attached hydrogens (tertiary/aromatic N) is 3. The van der Waals surface area contributed by atoms with E-state index in [1.807, 2.05) is 29.6 Å². The van der Waals surface area contributed by atoms with E-state index < -0.39 is 5.97 Å². The zero-order valence-electron chi connectivity index (χ0n) is 16.7. The number of hydrogen-bond donors (Lipinski definition) is 2. The molecule has 2 aromatic carbocycles. The third-order valence-corrected chi connectivity index (χ3v) is 6.01. The van der Waals surface area contributed by atoms with Crippen LogP contribution in [0.25, 0.3) is 33.0 Å². The summed E-state index contributed by atoms with van der Waals surface area (Å²) in [5.41, 5.74) is 4.35. The Bertz CT molecular complexity index is 1450. The zero-order chi connectivity index (χ0) is 22.2. The van der Waals surface area contributed by atoms with Gasteiger partial charge in [-0.15, -0.1) is 11.3 Å². The summed E-state index contributed by atoms with van der Waals surface area (Å²) in [6.45, 7) is 1.73. The van der Waals surface area contributed by atoms with Crippen molar-refractivity contribution in [3.63, 3.8) is 0 Å². The number of ether oxygens (including phenoxy) is 1.